The Morgan fingerprint density at radius 1 is 1.36 bits per heavy atom. The van der Waals surface area contributed by atoms with Gasteiger partial charge in [-0.05, 0) is 11.3 Å². The van der Waals surface area contributed by atoms with Crippen molar-refractivity contribution in [2.75, 3.05) is 0 Å². The summed E-state index contributed by atoms with van der Waals surface area (Å²) < 4.78 is 0. The number of nitrogens with zero attached hydrogens (tertiary/aromatic N) is 1. The van der Waals surface area contributed by atoms with Gasteiger partial charge in [0.15, 0.2) is 0 Å². The lowest BCUT2D eigenvalue weighted by atomic mass is 9.92. The molecule has 0 aliphatic rings. The van der Waals surface area contributed by atoms with E-state index in [1.807, 2.05) is 13.8 Å². The van der Waals surface area contributed by atoms with Crippen molar-refractivity contribution in [3.05, 3.63) is 11.5 Å². The SMILES string of the molecule is CC(C)c1[nH]c(CC(C)(C)C)nc1O. The van der Waals surface area contributed by atoms with Crippen molar-refractivity contribution in [1.29, 1.82) is 0 Å². The van der Waals surface area contributed by atoms with Gasteiger partial charge in [-0.25, -0.2) is 0 Å². The third-order valence-electron chi connectivity index (χ3n) is 2.04. The van der Waals surface area contributed by atoms with Gasteiger partial charge in [-0.2, -0.15) is 4.98 Å². The number of hydrogen-bond acceptors (Lipinski definition) is 2. The molecule has 1 aromatic heterocycles. The number of aromatic nitrogens is 2. The minimum atomic E-state index is 0.152. The second-order valence-corrected chi connectivity index (χ2v) is 5.31. The van der Waals surface area contributed by atoms with Crippen LogP contribution < -0.4 is 0 Å². The summed E-state index contributed by atoms with van der Waals surface area (Å²) in [6.07, 6.45) is 0.854. The molecule has 1 rings (SSSR count). The Labute approximate surface area is 85.6 Å². The average molecular weight is 196 g/mol. The van der Waals surface area contributed by atoms with E-state index in [0.29, 0.717) is 0 Å². The van der Waals surface area contributed by atoms with Crippen molar-refractivity contribution in [2.24, 2.45) is 5.41 Å². The number of imidazole rings is 1. The van der Waals surface area contributed by atoms with Crippen LogP contribution in [0.1, 0.15) is 52.1 Å². The molecule has 0 unspecified atom stereocenters. The Balaban J connectivity index is 2.86. The van der Waals surface area contributed by atoms with Gasteiger partial charge in [0.05, 0.1) is 5.69 Å². The van der Waals surface area contributed by atoms with E-state index >= 15 is 0 Å². The standard InChI is InChI=1S/C11H20N2O/c1-7(2)9-10(14)13-8(12-9)6-11(3,4)5/h7,14H,6H2,1-5H3,(H,12,13). The molecule has 0 fully saturated rings. The summed E-state index contributed by atoms with van der Waals surface area (Å²) in [5.74, 6) is 1.31. The summed E-state index contributed by atoms with van der Waals surface area (Å²) in [5, 5.41) is 9.56. The highest BCUT2D eigenvalue weighted by Gasteiger charge is 2.17. The molecule has 14 heavy (non-hydrogen) atoms. The third kappa shape index (κ3) is 2.76. The van der Waals surface area contributed by atoms with Crippen LogP contribution in [0.15, 0.2) is 0 Å². The molecule has 0 saturated carbocycles. The maximum absolute atomic E-state index is 9.56. The first-order chi connectivity index (χ1) is 6.29. The molecule has 1 heterocycles. The summed E-state index contributed by atoms with van der Waals surface area (Å²) in [6, 6.07) is 0. The molecule has 0 aliphatic carbocycles. The topological polar surface area (TPSA) is 48.9 Å². The van der Waals surface area contributed by atoms with Gasteiger partial charge in [-0.15, -0.1) is 0 Å². The van der Waals surface area contributed by atoms with Crippen molar-refractivity contribution >= 4 is 0 Å². The molecule has 0 aromatic carbocycles. The zero-order chi connectivity index (χ0) is 10.9. The van der Waals surface area contributed by atoms with E-state index in [1.54, 1.807) is 0 Å². The smallest absolute Gasteiger partial charge is 0.232 e. The predicted molar refractivity (Wildman–Crippen MR) is 57.5 cm³/mol. The minimum absolute atomic E-state index is 0.152. The van der Waals surface area contributed by atoms with Crippen molar-refractivity contribution in [1.82, 2.24) is 9.97 Å². The molecule has 1 aromatic rings. The van der Waals surface area contributed by atoms with Crippen LogP contribution >= 0.6 is 0 Å². The second-order valence-electron chi connectivity index (χ2n) is 5.31. The van der Waals surface area contributed by atoms with Gasteiger partial charge in [0, 0.05) is 6.42 Å². The van der Waals surface area contributed by atoms with Crippen LogP contribution in [0.5, 0.6) is 5.88 Å². The number of aromatic hydroxyl groups is 1. The van der Waals surface area contributed by atoms with Gasteiger partial charge in [0.2, 0.25) is 5.88 Å². The first kappa shape index (κ1) is 11.1. The Morgan fingerprint density at radius 3 is 2.29 bits per heavy atom. The van der Waals surface area contributed by atoms with Crippen LogP contribution in [0, 0.1) is 5.41 Å². The number of H-pyrrole nitrogens is 1. The van der Waals surface area contributed by atoms with Gasteiger partial charge < -0.3 is 10.1 Å². The van der Waals surface area contributed by atoms with Gasteiger partial charge in [0.1, 0.15) is 5.82 Å². The Hall–Kier alpha value is -0.990. The lowest BCUT2D eigenvalue weighted by Gasteiger charge is -2.15. The Kier molecular flexibility index (Phi) is 2.88. The summed E-state index contributed by atoms with van der Waals surface area (Å²) in [6.45, 7) is 10.5. The molecule has 0 aliphatic heterocycles. The number of hydrogen-bond donors (Lipinski definition) is 2. The predicted octanol–water partition coefficient (Wildman–Crippen LogP) is 2.83. The molecule has 0 atom stereocenters. The number of aromatic amines is 1. The molecule has 2 N–H and O–H groups in total. The van der Waals surface area contributed by atoms with Crippen molar-refractivity contribution < 1.29 is 5.11 Å². The van der Waals surface area contributed by atoms with E-state index in [-0.39, 0.29) is 17.2 Å². The molecular formula is C11H20N2O. The highest BCUT2D eigenvalue weighted by atomic mass is 16.3. The molecule has 0 saturated heterocycles. The van der Waals surface area contributed by atoms with Gasteiger partial charge in [0.25, 0.3) is 0 Å². The monoisotopic (exact) mass is 196 g/mol. The normalized spacial score (nSPS) is 12.4. The molecular weight excluding hydrogens is 176 g/mol. The van der Waals surface area contributed by atoms with E-state index in [9.17, 15) is 5.11 Å². The Bertz CT molecular complexity index is 308. The molecule has 0 bridgehead atoms. The average Bonchev–Trinajstić information content (AvgIpc) is 2.26. The summed E-state index contributed by atoms with van der Waals surface area (Å²) in [4.78, 5) is 7.29. The maximum Gasteiger partial charge on any atom is 0.232 e. The highest BCUT2D eigenvalue weighted by molar-refractivity contribution is 5.22. The molecule has 0 spiro atoms. The number of rotatable bonds is 2. The van der Waals surface area contributed by atoms with Crippen LogP contribution in [-0.2, 0) is 6.42 Å². The van der Waals surface area contributed by atoms with E-state index in [2.05, 4.69) is 30.7 Å². The van der Waals surface area contributed by atoms with Crippen LogP contribution in [-0.4, -0.2) is 15.1 Å². The summed E-state index contributed by atoms with van der Waals surface area (Å²) in [5.41, 5.74) is 1.03. The van der Waals surface area contributed by atoms with Crippen LogP contribution in [0.25, 0.3) is 0 Å². The minimum Gasteiger partial charge on any atom is -0.492 e. The summed E-state index contributed by atoms with van der Waals surface area (Å²) >= 11 is 0. The zero-order valence-corrected chi connectivity index (χ0v) is 9.68. The maximum atomic E-state index is 9.56. The lowest BCUT2D eigenvalue weighted by molar-refractivity contribution is 0.399. The first-order valence-corrected chi connectivity index (χ1v) is 5.07. The van der Waals surface area contributed by atoms with E-state index < -0.39 is 0 Å². The van der Waals surface area contributed by atoms with Crippen LogP contribution in [0.2, 0.25) is 0 Å². The second kappa shape index (κ2) is 3.64. The molecule has 0 radical (unpaired) electrons. The Morgan fingerprint density at radius 2 is 1.93 bits per heavy atom. The van der Waals surface area contributed by atoms with Crippen LogP contribution in [0.3, 0.4) is 0 Å². The first-order valence-electron chi connectivity index (χ1n) is 5.07. The molecule has 3 heteroatoms. The van der Waals surface area contributed by atoms with Crippen molar-refractivity contribution in [3.63, 3.8) is 0 Å². The highest BCUT2D eigenvalue weighted by Crippen LogP contribution is 2.25. The summed E-state index contributed by atoms with van der Waals surface area (Å²) in [7, 11) is 0. The molecule has 0 amide bonds. The van der Waals surface area contributed by atoms with E-state index in [0.717, 1.165) is 17.9 Å². The van der Waals surface area contributed by atoms with Gasteiger partial charge in [-0.1, -0.05) is 34.6 Å². The molecule has 3 nitrogen and oxygen atoms in total. The van der Waals surface area contributed by atoms with Gasteiger partial charge in [-0.3, -0.25) is 0 Å². The quantitative estimate of drug-likeness (QED) is 0.764. The van der Waals surface area contributed by atoms with Crippen molar-refractivity contribution in [2.45, 2.75) is 47.0 Å². The van der Waals surface area contributed by atoms with E-state index in [4.69, 9.17) is 0 Å². The molecule has 80 valence electrons. The largest absolute Gasteiger partial charge is 0.492 e. The van der Waals surface area contributed by atoms with Crippen LogP contribution in [0.4, 0.5) is 0 Å². The third-order valence-corrected chi connectivity index (χ3v) is 2.04. The van der Waals surface area contributed by atoms with Gasteiger partial charge >= 0.3 is 0 Å². The zero-order valence-electron chi connectivity index (χ0n) is 9.68. The number of nitrogens with one attached hydrogen (secondary N) is 1. The lowest BCUT2D eigenvalue weighted by Crippen LogP contribution is -2.10. The fourth-order valence-corrected chi connectivity index (χ4v) is 1.42. The van der Waals surface area contributed by atoms with Crippen molar-refractivity contribution in [3.8, 4) is 5.88 Å². The fraction of sp³-hybridized carbons (Fsp3) is 0.727. The van der Waals surface area contributed by atoms with E-state index in [1.165, 1.54) is 0 Å². The fourth-order valence-electron chi connectivity index (χ4n) is 1.42.